The quantitative estimate of drug-likeness (QED) is 0.615. The SMILES string of the molecule is O=C(c1ccc(OC(F)(F)F)cc1O)N1CCC(c2c(F)cnc3[nH]ccc23)CC1. The van der Waals surface area contributed by atoms with Crippen LogP contribution in [0.25, 0.3) is 11.0 Å². The van der Waals surface area contributed by atoms with Crippen LogP contribution in [0.2, 0.25) is 0 Å². The maximum Gasteiger partial charge on any atom is 0.573 e. The monoisotopic (exact) mass is 423 g/mol. The Bertz CT molecular complexity index is 1090. The Morgan fingerprint density at radius 2 is 1.97 bits per heavy atom. The molecule has 0 bridgehead atoms. The largest absolute Gasteiger partial charge is 0.573 e. The average molecular weight is 423 g/mol. The van der Waals surface area contributed by atoms with Crippen LogP contribution in [-0.2, 0) is 0 Å². The van der Waals surface area contributed by atoms with E-state index in [9.17, 15) is 27.5 Å². The second kappa shape index (κ2) is 7.51. The number of pyridine rings is 1. The molecular weight excluding hydrogens is 406 g/mol. The number of nitrogens with zero attached hydrogens (tertiary/aromatic N) is 2. The van der Waals surface area contributed by atoms with Crippen LogP contribution in [0.4, 0.5) is 17.6 Å². The van der Waals surface area contributed by atoms with E-state index in [1.807, 2.05) is 0 Å². The van der Waals surface area contributed by atoms with Crippen LogP contribution < -0.4 is 4.74 Å². The summed E-state index contributed by atoms with van der Waals surface area (Å²) in [5.74, 6) is -2.22. The smallest absolute Gasteiger partial charge is 0.507 e. The number of benzene rings is 1. The lowest BCUT2D eigenvalue weighted by molar-refractivity contribution is -0.274. The zero-order valence-electron chi connectivity index (χ0n) is 15.5. The summed E-state index contributed by atoms with van der Waals surface area (Å²) in [6, 6.07) is 4.59. The first kappa shape index (κ1) is 20.0. The Labute approximate surface area is 168 Å². The topological polar surface area (TPSA) is 78.5 Å². The maximum atomic E-state index is 14.4. The summed E-state index contributed by atoms with van der Waals surface area (Å²) < 4.78 is 55.0. The molecule has 0 spiro atoms. The number of alkyl halides is 3. The van der Waals surface area contributed by atoms with Gasteiger partial charge in [-0.3, -0.25) is 4.79 Å². The van der Waals surface area contributed by atoms with E-state index in [2.05, 4.69) is 14.7 Å². The highest BCUT2D eigenvalue weighted by atomic mass is 19.4. The predicted molar refractivity (Wildman–Crippen MR) is 98.7 cm³/mol. The first-order valence-electron chi connectivity index (χ1n) is 9.22. The second-order valence-electron chi connectivity index (χ2n) is 7.05. The Hall–Kier alpha value is -3.30. The van der Waals surface area contributed by atoms with Gasteiger partial charge in [-0.25, -0.2) is 9.37 Å². The van der Waals surface area contributed by atoms with Crippen LogP contribution in [0.5, 0.6) is 11.5 Å². The molecule has 1 fully saturated rings. The zero-order chi connectivity index (χ0) is 21.5. The summed E-state index contributed by atoms with van der Waals surface area (Å²) >= 11 is 0. The van der Waals surface area contributed by atoms with Crippen molar-refractivity contribution in [3.63, 3.8) is 0 Å². The van der Waals surface area contributed by atoms with Crippen molar-refractivity contribution < 1.29 is 32.2 Å². The fraction of sp³-hybridized carbons (Fsp3) is 0.300. The van der Waals surface area contributed by atoms with Crippen LogP contribution in [-0.4, -0.2) is 45.3 Å². The highest BCUT2D eigenvalue weighted by molar-refractivity contribution is 5.97. The molecule has 3 aromatic rings. The number of carbonyl (C=O) groups excluding carboxylic acids is 1. The summed E-state index contributed by atoms with van der Waals surface area (Å²) in [5, 5.41) is 10.7. The van der Waals surface area contributed by atoms with Crippen molar-refractivity contribution in [3.05, 3.63) is 53.6 Å². The number of phenolic OH excluding ortho intramolecular Hbond substituents is 1. The average Bonchev–Trinajstić information content (AvgIpc) is 3.15. The highest BCUT2D eigenvalue weighted by Crippen LogP contribution is 2.35. The van der Waals surface area contributed by atoms with E-state index in [0.717, 1.165) is 18.2 Å². The number of hydrogen-bond acceptors (Lipinski definition) is 4. The fourth-order valence-corrected chi connectivity index (χ4v) is 3.85. The maximum absolute atomic E-state index is 14.4. The summed E-state index contributed by atoms with van der Waals surface area (Å²) in [4.78, 5) is 21.2. The van der Waals surface area contributed by atoms with Gasteiger partial charge in [0.2, 0.25) is 0 Å². The Morgan fingerprint density at radius 3 is 2.63 bits per heavy atom. The standard InChI is InChI=1S/C20H17F4N3O3/c21-15-10-26-18-14(3-6-25-18)17(15)11-4-7-27(8-5-11)19(29)13-2-1-12(9-16(13)28)30-20(22,23)24/h1-3,6,9-11,28H,4-5,7-8H2,(H,25,26). The van der Waals surface area contributed by atoms with E-state index in [-0.39, 0.29) is 11.5 Å². The van der Waals surface area contributed by atoms with Crippen LogP contribution in [0.1, 0.15) is 34.7 Å². The molecular formula is C20H17F4N3O3. The molecule has 2 N–H and O–H groups in total. The number of carbonyl (C=O) groups is 1. The van der Waals surface area contributed by atoms with E-state index in [0.29, 0.717) is 42.5 Å². The molecule has 30 heavy (non-hydrogen) atoms. The van der Waals surface area contributed by atoms with Crippen molar-refractivity contribution in [1.82, 2.24) is 14.9 Å². The number of aromatic hydroxyl groups is 1. The third-order valence-corrected chi connectivity index (χ3v) is 5.20. The van der Waals surface area contributed by atoms with Gasteiger partial charge >= 0.3 is 6.36 Å². The number of aromatic nitrogens is 2. The van der Waals surface area contributed by atoms with Crippen LogP contribution in [0.3, 0.4) is 0 Å². The third-order valence-electron chi connectivity index (χ3n) is 5.20. The zero-order valence-corrected chi connectivity index (χ0v) is 15.5. The summed E-state index contributed by atoms with van der Waals surface area (Å²) in [7, 11) is 0. The van der Waals surface area contributed by atoms with Crippen LogP contribution in [0, 0.1) is 5.82 Å². The van der Waals surface area contributed by atoms with E-state index in [1.165, 1.54) is 11.1 Å². The lowest BCUT2D eigenvalue weighted by Gasteiger charge is -2.32. The Kier molecular flexibility index (Phi) is 5.00. The lowest BCUT2D eigenvalue weighted by atomic mass is 9.87. The molecule has 4 rings (SSSR count). The van der Waals surface area contributed by atoms with E-state index >= 15 is 0 Å². The first-order chi connectivity index (χ1) is 14.2. The summed E-state index contributed by atoms with van der Waals surface area (Å²) in [5.41, 5.74) is 1.03. The van der Waals surface area contributed by atoms with Gasteiger partial charge in [0.05, 0.1) is 11.8 Å². The minimum absolute atomic E-state index is 0.105. The number of ether oxygens (including phenoxy) is 1. The molecule has 158 valence electrons. The first-order valence-corrected chi connectivity index (χ1v) is 9.22. The minimum atomic E-state index is -4.90. The van der Waals surface area contributed by atoms with Gasteiger partial charge in [0.25, 0.3) is 5.91 Å². The molecule has 1 aliphatic heterocycles. The molecule has 0 saturated carbocycles. The van der Waals surface area contributed by atoms with Crippen molar-refractivity contribution >= 4 is 16.9 Å². The van der Waals surface area contributed by atoms with Gasteiger partial charge in [0.15, 0.2) is 0 Å². The number of H-pyrrole nitrogens is 1. The number of fused-ring (bicyclic) bond motifs is 1. The normalized spacial score (nSPS) is 15.5. The highest BCUT2D eigenvalue weighted by Gasteiger charge is 2.32. The number of halogens is 4. The van der Waals surface area contributed by atoms with Crippen molar-refractivity contribution in [3.8, 4) is 11.5 Å². The van der Waals surface area contributed by atoms with Gasteiger partial charge in [-0.05, 0) is 37.0 Å². The number of nitrogens with one attached hydrogen (secondary N) is 1. The second-order valence-corrected chi connectivity index (χ2v) is 7.05. The van der Waals surface area contributed by atoms with Crippen LogP contribution in [0.15, 0.2) is 36.7 Å². The number of aromatic amines is 1. The molecule has 0 unspecified atom stereocenters. The Morgan fingerprint density at radius 1 is 1.23 bits per heavy atom. The lowest BCUT2D eigenvalue weighted by Crippen LogP contribution is -2.38. The molecule has 1 aliphatic rings. The number of piperidine rings is 1. The van der Waals surface area contributed by atoms with E-state index in [1.54, 1.807) is 12.3 Å². The number of amides is 1. The number of likely N-dealkylation sites (tertiary alicyclic amines) is 1. The molecule has 0 radical (unpaired) electrons. The van der Waals surface area contributed by atoms with Crippen molar-refractivity contribution in [2.75, 3.05) is 13.1 Å². The van der Waals surface area contributed by atoms with Crippen LogP contribution >= 0.6 is 0 Å². The molecule has 6 nitrogen and oxygen atoms in total. The molecule has 0 aliphatic carbocycles. The summed E-state index contributed by atoms with van der Waals surface area (Å²) in [6.07, 6.45) is -1.03. The minimum Gasteiger partial charge on any atom is -0.507 e. The number of rotatable bonds is 3. The molecule has 1 aromatic carbocycles. The van der Waals surface area contributed by atoms with Gasteiger partial charge in [-0.15, -0.1) is 13.2 Å². The van der Waals surface area contributed by atoms with Gasteiger partial charge in [-0.1, -0.05) is 0 Å². The molecule has 0 atom stereocenters. The summed E-state index contributed by atoms with van der Waals surface area (Å²) in [6.45, 7) is 0.634. The van der Waals surface area contributed by atoms with E-state index < -0.39 is 29.6 Å². The van der Waals surface area contributed by atoms with Gasteiger partial charge < -0.3 is 19.7 Å². The molecule has 2 aromatic heterocycles. The number of phenols is 1. The van der Waals surface area contributed by atoms with Gasteiger partial charge in [0.1, 0.15) is 23.0 Å². The number of hydrogen-bond donors (Lipinski definition) is 2. The predicted octanol–water partition coefficient (Wildman–Crippen LogP) is 4.33. The fourth-order valence-electron chi connectivity index (χ4n) is 3.85. The van der Waals surface area contributed by atoms with Crippen molar-refractivity contribution in [2.45, 2.75) is 25.1 Å². The van der Waals surface area contributed by atoms with Crippen molar-refractivity contribution in [1.29, 1.82) is 0 Å². The van der Waals surface area contributed by atoms with Crippen molar-refractivity contribution in [2.24, 2.45) is 0 Å². The molecule has 1 saturated heterocycles. The third kappa shape index (κ3) is 3.89. The molecule has 3 heterocycles. The Balaban J connectivity index is 1.47. The molecule has 1 amide bonds. The van der Waals surface area contributed by atoms with Gasteiger partial charge in [-0.2, -0.15) is 0 Å². The van der Waals surface area contributed by atoms with Gasteiger partial charge in [0, 0.05) is 36.3 Å². The molecule has 10 heteroatoms. The van der Waals surface area contributed by atoms with E-state index in [4.69, 9.17) is 0 Å².